The summed E-state index contributed by atoms with van der Waals surface area (Å²) in [7, 11) is -6.93. The van der Waals surface area contributed by atoms with Gasteiger partial charge in [-0.15, -0.1) is 0 Å². The highest BCUT2D eigenvalue weighted by atomic mass is 32.2. The second kappa shape index (κ2) is 5.85. The maximum absolute atomic E-state index is 13.0. The van der Waals surface area contributed by atoms with Gasteiger partial charge >= 0.3 is 0 Å². The summed E-state index contributed by atoms with van der Waals surface area (Å²) in [6.45, 7) is 2.02. The molecule has 0 aromatic carbocycles. The Labute approximate surface area is 142 Å². The molecule has 1 heterocycles. The van der Waals surface area contributed by atoms with Crippen LogP contribution in [-0.2, 0) is 20.0 Å². The number of nitrogens with one attached hydrogen (secondary N) is 1. The molecular formula is C14H24F2N2O4S2. The molecular weight excluding hydrogens is 362 g/mol. The summed E-state index contributed by atoms with van der Waals surface area (Å²) in [6.07, 6.45) is 1.38. The maximum Gasteiger partial charge on any atom is 0.249 e. The van der Waals surface area contributed by atoms with E-state index in [1.54, 1.807) is 0 Å². The zero-order valence-corrected chi connectivity index (χ0v) is 15.3. The van der Waals surface area contributed by atoms with Crippen LogP contribution in [0.4, 0.5) is 8.78 Å². The Morgan fingerprint density at radius 3 is 2.33 bits per heavy atom. The van der Waals surface area contributed by atoms with E-state index in [0.29, 0.717) is 32.2 Å². The van der Waals surface area contributed by atoms with Crippen molar-refractivity contribution in [3.8, 4) is 0 Å². The zero-order chi connectivity index (χ0) is 17.8. The highest BCUT2D eigenvalue weighted by Crippen LogP contribution is 2.64. The molecule has 0 aromatic rings. The van der Waals surface area contributed by atoms with E-state index < -0.39 is 42.7 Å². The number of alkyl halides is 2. The Morgan fingerprint density at radius 1 is 1.17 bits per heavy atom. The highest BCUT2D eigenvalue weighted by Gasteiger charge is 2.64. The van der Waals surface area contributed by atoms with Gasteiger partial charge in [0.25, 0.3) is 0 Å². The first-order chi connectivity index (χ1) is 11.0. The van der Waals surface area contributed by atoms with E-state index in [9.17, 15) is 25.6 Å². The summed E-state index contributed by atoms with van der Waals surface area (Å²) < 4.78 is 78.7. The molecule has 1 atom stereocenters. The molecule has 3 aliphatic rings. The molecule has 140 valence electrons. The van der Waals surface area contributed by atoms with Crippen LogP contribution in [0.15, 0.2) is 0 Å². The van der Waals surface area contributed by atoms with Crippen molar-refractivity contribution in [3.05, 3.63) is 0 Å². The number of piperidine rings is 1. The van der Waals surface area contributed by atoms with Gasteiger partial charge in [0.2, 0.25) is 26.0 Å². The third-order valence-electron chi connectivity index (χ3n) is 5.48. The van der Waals surface area contributed by atoms with E-state index >= 15 is 0 Å². The van der Waals surface area contributed by atoms with Gasteiger partial charge in [-0.25, -0.2) is 34.6 Å². The van der Waals surface area contributed by atoms with E-state index in [4.69, 9.17) is 0 Å². The van der Waals surface area contributed by atoms with Gasteiger partial charge in [0, 0.05) is 32.0 Å². The second-order valence-electron chi connectivity index (χ2n) is 7.50. The average molecular weight is 386 g/mol. The number of nitrogens with zero attached hydrogens (tertiary/aromatic N) is 1. The van der Waals surface area contributed by atoms with Crippen LogP contribution >= 0.6 is 0 Å². The quantitative estimate of drug-likeness (QED) is 0.772. The molecule has 1 aliphatic heterocycles. The van der Waals surface area contributed by atoms with Crippen molar-refractivity contribution in [3.63, 3.8) is 0 Å². The number of hydrogen-bond acceptors (Lipinski definition) is 4. The summed E-state index contributed by atoms with van der Waals surface area (Å²) in [5.74, 6) is -2.68. The Hall–Kier alpha value is -0.320. The minimum Gasteiger partial charge on any atom is -0.212 e. The molecule has 10 heteroatoms. The van der Waals surface area contributed by atoms with Crippen molar-refractivity contribution >= 4 is 20.0 Å². The van der Waals surface area contributed by atoms with Crippen LogP contribution in [0.3, 0.4) is 0 Å². The predicted octanol–water partition coefficient (Wildman–Crippen LogP) is 1.30. The van der Waals surface area contributed by atoms with Crippen molar-refractivity contribution in [2.75, 3.05) is 18.8 Å². The standard InChI is InChI=1S/C14H24F2N2O4S2/c1-2-23(19,20)17-11-4-3-5-18(8-11)24(21,22)12-6-13(7-12)9-14(15,16)10-13/h11-12,17H,2-10H2,1H3. The molecule has 2 saturated carbocycles. The molecule has 0 aromatic heterocycles. The highest BCUT2D eigenvalue weighted by molar-refractivity contribution is 7.90. The smallest absolute Gasteiger partial charge is 0.212 e. The average Bonchev–Trinajstić information content (AvgIpc) is 2.41. The number of sulfonamides is 2. The Morgan fingerprint density at radius 2 is 1.79 bits per heavy atom. The van der Waals surface area contributed by atoms with Gasteiger partial charge < -0.3 is 0 Å². The minimum absolute atomic E-state index is 0.0460. The van der Waals surface area contributed by atoms with Crippen LogP contribution < -0.4 is 4.72 Å². The van der Waals surface area contributed by atoms with Gasteiger partial charge in [0.1, 0.15) is 0 Å². The Kier molecular flexibility index (Phi) is 4.50. The van der Waals surface area contributed by atoms with Crippen LogP contribution in [0.5, 0.6) is 0 Å². The monoisotopic (exact) mass is 386 g/mol. The summed E-state index contributed by atoms with van der Waals surface area (Å²) in [5, 5.41) is -0.602. The molecule has 6 nitrogen and oxygen atoms in total. The number of hydrogen-bond donors (Lipinski definition) is 1. The lowest BCUT2D eigenvalue weighted by Gasteiger charge is -2.57. The predicted molar refractivity (Wildman–Crippen MR) is 85.7 cm³/mol. The first-order valence-electron chi connectivity index (χ1n) is 8.34. The fraction of sp³-hybridized carbons (Fsp3) is 1.00. The van der Waals surface area contributed by atoms with Gasteiger partial charge in [-0.3, -0.25) is 0 Å². The molecule has 2 aliphatic carbocycles. The first-order valence-corrected chi connectivity index (χ1v) is 11.5. The van der Waals surface area contributed by atoms with Crippen molar-refractivity contribution in [2.45, 2.75) is 62.7 Å². The first kappa shape index (κ1) is 18.5. The molecule has 0 radical (unpaired) electrons. The lowest BCUT2D eigenvalue weighted by atomic mass is 9.54. The fourth-order valence-electron chi connectivity index (χ4n) is 4.27. The Bertz CT molecular complexity index is 692. The van der Waals surface area contributed by atoms with Crippen molar-refractivity contribution in [1.29, 1.82) is 0 Å². The molecule has 3 rings (SSSR count). The third kappa shape index (κ3) is 3.47. The van der Waals surface area contributed by atoms with Crippen LogP contribution in [0.2, 0.25) is 0 Å². The lowest BCUT2D eigenvalue weighted by molar-refractivity contribution is -0.189. The van der Waals surface area contributed by atoms with Crippen LogP contribution in [0.1, 0.15) is 45.4 Å². The van der Waals surface area contributed by atoms with E-state index in [-0.39, 0.29) is 25.1 Å². The van der Waals surface area contributed by atoms with Crippen molar-refractivity contribution < 1.29 is 25.6 Å². The third-order valence-corrected chi connectivity index (χ3v) is 9.16. The van der Waals surface area contributed by atoms with Gasteiger partial charge in [0.05, 0.1) is 11.0 Å². The van der Waals surface area contributed by atoms with Crippen LogP contribution in [0, 0.1) is 5.41 Å². The molecule has 0 amide bonds. The van der Waals surface area contributed by atoms with Crippen molar-refractivity contribution in [2.24, 2.45) is 5.41 Å². The molecule has 1 N–H and O–H groups in total. The molecule has 3 fully saturated rings. The molecule has 1 spiro atoms. The SMILES string of the molecule is CCS(=O)(=O)NC1CCCN(S(=O)(=O)C2CC3(C2)CC(F)(F)C3)C1. The summed E-state index contributed by atoms with van der Waals surface area (Å²) >= 11 is 0. The second-order valence-corrected chi connectivity index (χ2v) is 11.8. The lowest BCUT2D eigenvalue weighted by Crippen LogP contribution is -2.60. The summed E-state index contributed by atoms with van der Waals surface area (Å²) in [5.41, 5.74) is -0.486. The molecule has 1 unspecified atom stereocenters. The van der Waals surface area contributed by atoms with Crippen LogP contribution in [0.25, 0.3) is 0 Å². The van der Waals surface area contributed by atoms with Gasteiger partial charge in [-0.2, -0.15) is 0 Å². The van der Waals surface area contributed by atoms with E-state index in [1.165, 1.54) is 11.2 Å². The Balaban J connectivity index is 1.59. The molecule has 0 bridgehead atoms. The van der Waals surface area contributed by atoms with E-state index in [1.807, 2.05) is 0 Å². The summed E-state index contributed by atoms with van der Waals surface area (Å²) in [6, 6.07) is -0.416. The molecule has 24 heavy (non-hydrogen) atoms. The topological polar surface area (TPSA) is 83.6 Å². The van der Waals surface area contributed by atoms with Crippen molar-refractivity contribution in [1.82, 2.24) is 9.03 Å². The van der Waals surface area contributed by atoms with Gasteiger partial charge in [-0.1, -0.05) is 0 Å². The van der Waals surface area contributed by atoms with Crippen LogP contribution in [-0.4, -0.2) is 57.2 Å². The number of halogens is 2. The normalized spacial score (nSPS) is 30.7. The number of rotatable bonds is 5. The van der Waals surface area contributed by atoms with E-state index in [2.05, 4.69) is 4.72 Å². The molecule has 1 saturated heterocycles. The zero-order valence-electron chi connectivity index (χ0n) is 13.7. The maximum atomic E-state index is 13.0. The fourth-order valence-corrected chi connectivity index (χ4v) is 7.46. The minimum atomic E-state index is -3.55. The van der Waals surface area contributed by atoms with Gasteiger partial charge in [0.15, 0.2) is 0 Å². The summed E-state index contributed by atoms with van der Waals surface area (Å²) in [4.78, 5) is 0. The largest absolute Gasteiger partial charge is 0.249 e. The van der Waals surface area contributed by atoms with E-state index in [0.717, 1.165) is 0 Å². The van der Waals surface area contributed by atoms with Gasteiger partial charge in [-0.05, 0) is 38.0 Å².